The van der Waals surface area contributed by atoms with Crippen molar-refractivity contribution in [3.05, 3.63) is 0 Å². The van der Waals surface area contributed by atoms with E-state index in [4.69, 9.17) is 4.74 Å². The standard InChI is InChI=1S/C15H24N2O6/c1-9(18)10(11(19)20)16-8-15(12(16)21)6-5-7-17(15)13(22)23-14(2,3)4/h9-10,18H,5-8H2,1-4H3,(H,19,20)/t9-,10+,15-/m1/s1. The van der Waals surface area contributed by atoms with Crippen molar-refractivity contribution in [3.63, 3.8) is 0 Å². The molecule has 130 valence electrons. The highest BCUT2D eigenvalue weighted by atomic mass is 16.6. The van der Waals surface area contributed by atoms with Crippen molar-refractivity contribution in [2.75, 3.05) is 13.1 Å². The third-order valence-electron chi connectivity index (χ3n) is 4.24. The maximum Gasteiger partial charge on any atom is 0.411 e. The number of amides is 2. The first-order chi connectivity index (χ1) is 10.5. The van der Waals surface area contributed by atoms with E-state index in [2.05, 4.69) is 0 Å². The highest BCUT2D eigenvalue weighted by Crippen LogP contribution is 2.41. The Labute approximate surface area is 135 Å². The molecule has 2 rings (SSSR count). The Morgan fingerprint density at radius 3 is 2.39 bits per heavy atom. The summed E-state index contributed by atoms with van der Waals surface area (Å²) in [6, 6.07) is -1.30. The summed E-state index contributed by atoms with van der Waals surface area (Å²) >= 11 is 0. The molecule has 2 saturated heterocycles. The number of aliphatic hydroxyl groups is 1. The number of aliphatic carboxylic acids is 1. The van der Waals surface area contributed by atoms with Crippen LogP contribution >= 0.6 is 0 Å². The molecule has 0 aromatic rings. The summed E-state index contributed by atoms with van der Waals surface area (Å²) in [5.74, 6) is -1.70. The topological polar surface area (TPSA) is 107 Å². The van der Waals surface area contributed by atoms with Crippen LogP contribution in [-0.4, -0.2) is 74.4 Å². The van der Waals surface area contributed by atoms with Crippen LogP contribution in [0.3, 0.4) is 0 Å². The maximum absolute atomic E-state index is 12.6. The summed E-state index contributed by atoms with van der Waals surface area (Å²) in [4.78, 5) is 38.7. The number of aliphatic hydroxyl groups excluding tert-OH is 1. The fourth-order valence-electron chi connectivity index (χ4n) is 3.27. The molecule has 8 heteroatoms. The minimum atomic E-state index is -1.30. The van der Waals surface area contributed by atoms with Crippen LogP contribution in [0.4, 0.5) is 4.79 Å². The molecular formula is C15H24N2O6. The molecule has 0 aliphatic carbocycles. The fraction of sp³-hybridized carbons (Fsp3) is 0.800. The van der Waals surface area contributed by atoms with Crippen molar-refractivity contribution in [2.45, 2.75) is 63.8 Å². The van der Waals surface area contributed by atoms with Gasteiger partial charge in [0.05, 0.1) is 12.6 Å². The van der Waals surface area contributed by atoms with Crippen molar-refractivity contribution < 1.29 is 29.3 Å². The molecule has 0 aromatic heterocycles. The second kappa shape index (κ2) is 5.67. The summed E-state index contributed by atoms with van der Waals surface area (Å²) in [6.07, 6.45) is -0.615. The molecule has 3 atom stereocenters. The summed E-state index contributed by atoms with van der Waals surface area (Å²) in [6.45, 7) is 7.08. The number of hydrogen-bond donors (Lipinski definition) is 2. The lowest BCUT2D eigenvalue weighted by Crippen LogP contribution is -2.76. The first kappa shape index (κ1) is 17.5. The molecule has 2 aliphatic rings. The van der Waals surface area contributed by atoms with Gasteiger partial charge >= 0.3 is 12.1 Å². The SMILES string of the molecule is C[C@@H](O)[C@@H](C(=O)O)N1C[C@]2(CCCN2C(=O)OC(C)(C)C)C1=O. The number of hydrogen-bond acceptors (Lipinski definition) is 5. The van der Waals surface area contributed by atoms with E-state index in [1.54, 1.807) is 20.8 Å². The zero-order valence-electron chi connectivity index (χ0n) is 13.9. The van der Waals surface area contributed by atoms with Gasteiger partial charge in [0.2, 0.25) is 0 Å². The largest absolute Gasteiger partial charge is 0.480 e. The van der Waals surface area contributed by atoms with E-state index in [0.717, 1.165) is 4.90 Å². The number of carbonyl (C=O) groups excluding carboxylic acids is 2. The molecule has 2 heterocycles. The van der Waals surface area contributed by atoms with Crippen LogP contribution < -0.4 is 0 Å². The normalized spacial score (nSPS) is 26.9. The van der Waals surface area contributed by atoms with E-state index in [9.17, 15) is 24.6 Å². The van der Waals surface area contributed by atoms with Gasteiger partial charge in [-0.25, -0.2) is 9.59 Å². The molecule has 0 saturated carbocycles. The maximum atomic E-state index is 12.6. The Morgan fingerprint density at radius 1 is 1.35 bits per heavy atom. The molecule has 23 heavy (non-hydrogen) atoms. The lowest BCUT2D eigenvalue weighted by molar-refractivity contribution is -0.176. The van der Waals surface area contributed by atoms with Gasteiger partial charge in [0.15, 0.2) is 6.04 Å². The first-order valence-corrected chi connectivity index (χ1v) is 7.72. The van der Waals surface area contributed by atoms with Gasteiger partial charge in [0.25, 0.3) is 5.91 Å². The number of rotatable bonds is 3. The lowest BCUT2D eigenvalue weighted by atomic mass is 9.83. The van der Waals surface area contributed by atoms with Crippen LogP contribution in [0.1, 0.15) is 40.5 Å². The smallest absolute Gasteiger partial charge is 0.411 e. The second-order valence-electron chi connectivity index (χ2n) is 7.22. The van der Waals surface area contributed by atoms with Gasteiger partial charge < -0.3 is 19.8 Å². The summed E-state index contributed by atoms with van der Waals surface area (Å²) in [5, 5.41) is 18.8. The van der Waals surface area contributed by atoms with Gasteiger partial charge in [0.1, 0.15) is 11.1 Å². The quantitative estimate of drug-likeness (QED) is 0.728. The van der Waals surface area contributed by atoms with Gasteiger partial charge in [-0.3, -0.25) is 9.69 Å². The number of carboxylic acids is 1. The van der Waals surface area contributed by atoms with E-state index >= 15 is 0 Å². The number of β-lactam (4-membered cyclic amide) rings is 1. The average molecular weight is 328 g/mol. The Bertz CT molecular complexity index is 527. The Morgan fingerprint density at radius 2 is 1.96 bits per heavy atom. The molecule has 0 bridgehead atoms. The van der Waals surface area contributed by atoms with Crippen LogP contribution in [0, 0.1) is 0 Å². The van der Waals surface area contributed by atoms with Crippen molar-refractivity contribution in [1.82, 2.24) is 9.80 Å². The highest BCUT2D eigenvalue weighted by Gasteiger charge is 2.63. The number of ether oxygens (including phenoxy) is 1. The molecule has 2 fully saturated rings. The minimum absolute atomic E-state index is 0.104. The van der Waals surface area contributed by atoms with E-state index < -0.39 is 41.3 Å². The Hall–Kier alpha value is -1.83. The average Bonchev–Trinajstić information content (AvgIpc) is 2.81. The second-order valence-corrected chi connectivity index (χ2v) is 7.22. The van der Waals surface area contributed by atoms with Crippen molar-refractivity contribution in [1.29, 1.82) is 0 Å². The molecule has 1 spiro atoms. The van der Waals surface area contributed by atoms with Crippen LogP contribution in [0.25, 0.3) is 0 Å². The Kier molecular flexibility index (Phi) is 4.32. The van der Waals surface area contributed by atoms with Crippen LogP contribution in [-0.2, 0) is 14.3 Å². The van der Waals surface area contributed by atoms with Crippen molar-refractivity contribution in [3.8, 4) is 0 Å². The van der Waals surface area contributed by atoms with E-state index in [-0.39, 0.29) is 6.54 Å². The van der Waals surface area contributed by atoms with E-state index in [1.165, 1.54) is 11.8 Å². The summed E-state index contributed by atoms with van der Waals surface area (Å²) in [7, 11) is 0. The number of carbonyl (C=O) groups is 3. The zero-order chi connectivity index (χ0) is 17.6. The van der Waals surface area contributed by atoms with Crippen molar-refractivity contribution >= 4 is 18.0 Å². The molecule has 0 unspecified atom stereocenters. The molecule has 8 nitrogen and oxygen atoms in total. The van der Waals surface area contributed by atoms with Crippen LogP contribution in [0.5, 0.6) is 0 Å². The first-order valence-electron chi connectivity index (χ1n) is 7.72. The van der Waals surface area contributed by atoms with Gasteiger partial charge in [0, 0.05) is 6.54 Å². The Balaban J connectivity index is 2.16. The number of likely N-dealkylation sites (tertiary alicyclic amines) is 2. The number of carboxylic acid groups (broad SMARTS) is 1. The molecular weight excluding hydrogens is 304 g/mol. The summed E-state index contributed by atoms with van der Waals surface area (Å²) < 4.78 is 5.34. The third kappa shape index (κ3) is 2.99. The molecule has 2 amide bonds. The van der Waals surface area contributed by atoms with Gasteiger partial charge in [-0.05, 0) is 40.5 Å². The fourth-order valence-corrected chi connectivity index (χ4v) is 3.27. The number of nitrogens with zero attached hydrogens (tertiary/aromatic N) is 2. The van der Waals surface area contributed by atoms with Gasteiger partial charge in [-0.1, -0.05) is 0 Å². The highest BCUT2D eigenvalue weighted by molar-refractivity contribution is 5.98. The minimum Gasteiger partial charge on any atom is -0.480 e. The lowest BCUT2D eigenvalue weighted by Gasteiger charge is -2.53. The molecule has 2 aliphatic heterocycles. The van der Waals surface area contributed by atoms with E-state index in [1.807, 2.05) is 0 Å². The summed E-state index contributed by atoms with van der Waals surface area (Å²) in [5.41, 5.74) is -1.69. The van der Waals surface area contributed by atoms with Crippen LogP contribution in [0.2, 0.25) is 0 Å². The predicted octanol–water partition coefficient (Wildman–Crippen LogP) is 0.432. The van der Waals surface area contributed by atoms with Crippen molar-refractivity contribution in [2.24, 2.45) is 0 Å². The molecule has 0 aromatic carbocycles. The van der Waals surface area contributed by atoms with E-state index in [0.29, 0.717) is 19.4 Å². The van der Waals surface area contributed by atoms with Gasteiger partial charge in [-0.2, -0.15) is 0 Å². The predicted molar refractivity (Wildman–Crippen MR) is 79.7 cm³/mol. The monoisotopic (exact) mass is 328 g/mol. The zero-order valence-corrected chi connectivity index (χ0v) is 13.9. The third-order valence-corrected chi connectivity index (χ3v) is 4.24. The van der Waals surface area contributed by atoms with Crippen LogP contribution in [0.15, 0.2) is 0 Å². The van der Waals surface area contributed by atoms with Gasteiger partial charge in [-0.15, -0.1) is 0 Å². The molecule has 2 N–H and O–H groups in total. The molecule has 0 radical (unpaired) electrons.